The van der Waals surface area contributed by atoms with Crippen LogP contribution in [0.15, 0.2) is 10.4 Å². The van der Waals surface area contributed by atoms with Crippen LogP contribution < -0.4 is 0 Å². The molecule has 0 radical (unpaired) electrons. The first-order valence-electron chi connectivity index (χ1n) is 2.62. The number of allylic oxidation sites excluding steroid dienone is 1. The number of hydrogen-bond acceptors (Lipinski definition) is 2. The van der Waals surface area contributed by atoms with E-state index >= 15 is 0 Å². The standard InChI is InChI=1S/C5H7ClO2S/c1-4-2-5(6)9(7,8)3-4/h2,4H,3H2,1H3. The van der Waals surface area contributed by atoms with Crippen molar-refractivity contribution in [3.63, 3.8) is 0 Å². The summed E-state index contributed by atoms with van der Waals surface area (Å²) >= 11 is 5.37. The molecule has 0 fully saturated rings. The van der Waals surface area contributed by atoms with E-state index in [1.54, 1.807) is 6.08 Å². The van der Waals surface area contributed by atoms with Gasteiger partial charge in [0.05, 0.1) is 5.75 Å². The molecule has 0 aliphatic carbocycles. The molecular formula is C5H7ClO2S. The van der Waals surface area contributed by atoms with Crippen molar-refractivity contribution >= 4 is 21.4 Å². The molecule has 4 heteroatoms. The Labute approximate surface area is 59.4 Å². The largest absolute Gasteiger partial charge is 0.223 e. The van der Waals surface area contributed by atoms with Gasteiger partial charge in [-0.15, -0.1) is 0 Å². The van der Waals surface area contributed by atoms with Gasteiger partial charge >= 0.3 is 0 Å². The third-order valence-corrected chi connectivity index (χ3v) is 3.72. The smallest absolute Gasteiger partial charge is 0.189 e. The predicted molar refractivity (Wildman–Crippen MR) is 36.9 cm³/mol. The molecule has 1 aliphatic heterocycles. The average Bonchev–Trinajstić information content (AvgIpc) is 1.79. The van der Waals surface area contributed by atoms with E-state index in [9.17, 15) is 8.42 Å². The number of rotatable bonds is 0. The van der Waals surface area contributed by atoms with E-state index in [0.717, 1.165) is 0 Å². The van der Waals surface area contributed by atoms with Crippen LogP contribution in [0.3, 0.4) is 0 Å². The molecule has 52 valence electrons. The molecule has 2 nitrogen and oxygen atoms in total. The lowest BCUT2D eigenvalue weighted by Gasteiger charge is -1.91. The summed E-state index contributed by atoms with van der Waals surface area (Å²) in [6.45, 7) is 1.83. The Bertz CT molecular complexity index is 240. The molecule has 1 atom stereocenters. The summed E-state index contributed by atoms with van der Waals surface area (Å²) in [5.74, 6) is 0.258. The highest BCUT2D eigenvalue weighted by Crippen LogP contribution is 2.25. The maximum Gasteiger partial charge on any atom is 0.189 e. The second-order valence-electron chi connectivity index (χ2n) is 2.23. The van der Waals surface area contributed by atoms with Gasteiger partial charge in [0.25, 0.3) is 0 Å². The molecule has 1 aliphatic rings. The predicted octanol–water partition coefficient (Wildman–Crippen LogP) is 1.13. The maximum absolute atomic E-state index is 10.8. The van der Waals surface area contributed by atoms with Crippen molar-refractivity contribution in [3.8, 4) is 0 Å². The summed E-state index contributed by atoms with van der Waals surface area (Å²) in [6, 6.07) is 0. The van der Waals surface area contributed by atoms with Gasteiger partial charge < -0.3 is 0 Å². The van der Waals surface area contributed by atoms with Crippen molar-refractivity contribution in [1.29, 1.82) is 0 Å². The van der Waals surface area contributed by atoms with Crippen LogP contribution in [-0.2, 0) is 9.84 Å². The third-order valence-electron chi connectivity index (χ3n) is 1.19. The topological polar surface area (TPSA) is 34.1 Å². The normalized spacial score (nSPS) is 32.2. The third kappa shape index (κ3) is 1.27. The van der Waals surface area contributed by atoms with Gasteiger partial charge in [-0.05, 0) is 5.92 Å². The molecule has 0 saturated heterocycles. The Morgan fingerprint density at radius 2 is 2.33 bits per heavy atom. The fraction of sp³-hybridized carbons (Fsp3) is 0.600. The molecular weight excluding hydrogens is 160 g/mol. The van der Waals surface area contributed by atoms with Crippen LogP contribution >= 0.6 is 11.6 Å². The minimum Gasteiger partial charge on any atom is -0.223 e. The van der Waals surface area contributed by atoms with Crippen molar-refractivity contribution in [2.75, 3.05) is 5.75 Å². The first kappa shape index (κ1) is 7.09. The van der Waals surface area contributed by atoms with Crippen molar-refractivity contribution in [1.82, 2.24) is 0 Å². The van der Waals surface area contributed by atoms with Crippen LogP contribution in [0.25, 0.3) is 0 Å². The Kier molecular flexibility index (Phi) is 1.57. The van der Waals surface area contributed by atoms with Crippen LogP contribution in [0.5, 0.6) is 0 Å². The van der Waals surface area contributed by atoms with Gasteiger partial charge in [-0.2, -0.15) is 0 Å². The Balaban J connectivity index is 3.04. The summed E-state index contributed by atoms with van der Waals surface area (Å²) in [6.07, 6.45) is 1.57. The lowest BCUT2D eigenvalue weighted by atomic mass is 10.2. The van der Waals surface area contributed by atoms with Crippen LogP contribution in [0, 0.1) is 5.92 Å². The van der Waals surface area contributed by atoms with Gasteiger partial charge in [-0.3, -0.25) is 0 Å². The molecule has 1 heterocycles. The Morgan fingerprint density at radius 1 is 1.78 bits per heavy atom. The molecule has 0 bridgehead atoms. The van der Waals surface area contributed by atoms with Gasteiger partial charge in [0.15, 0.2) is 9.84 Å². The van der Waals surface area contributed by atoms with E-state index in [1.165, 1.54) is 0 Å². The number of sulfone groups is 1. The van der Waals surface area contributed by atoms with E-state index in [4.69, 9.17) is 11.6 Å². The summed E-state index contributed by atoms with van der Waals surface area (Å²) < 4.78 is 21.6. The van der Waals surface area contributed by atoms with Gasteiger partial charge in [-0.25, -0.2) is 8.42 Å². The Hall–Kier alpha value is -0.0200. The molecule has 0 N–H and O–H groups in total. The molecule has 0 aromatic heterocycles. The first-order valence-corrected chi connectivity index (χ1v) is 4.65. The fourth-order valence-corrected chi connectivity index (χ4v) is 2.59. The van der Waals surface area contributed by atoms with Crippen LogP contribution in [0.1, 0.15) is 6.92 Å². The maximum atomic E-state index is 10.8. The molecule has 0 aromatic rings. The zero-order valence-electron chi connectivity index (χ0n) is 4.96. The zero-order chi connectivity index (χ0) is 7.07. The fourth-order valence-electron chi connectivity index (χ4n) is 0.801. The minimum absolute atomic E-state index is 0.00926. The summed E-state index contributed by atoms with van der Waals surface area (Å²) in [5, 5.41) is 0. The second-order valence-corrected chi connectivity index (χ2v) is 4.86. The number of halogens is 1. The molecule has 9 heavy (non-hydrogen) atoms. The lowest BCUT2D eigenvalue weighted by Crippen LogP contribution is -2.02. The molecule has 0 saturated carbocycles. The second kappa shape index (κ2) is 1.99. The highest BCUT2D eigenvalue weighted by molar-refractivity contribution is 7.97. The van der Waals surface area contributed by atoms with E-state index in [2.05, 4.69) is 0 Å². The quantitative estimate of drug-likeness (QED) is 0.541. The van der Waals surface area contributed by atoms with Crippen LogP contribution in [0.2, 0.25) is 0 Å². The average molecular weight is 167 g/mol. The van der Waals surface area contributed by atoms with E-state index < -0.39 is 9.84 Å². The SMILES string of the molecule is CC1C=C(Cl)S(=O)(=O)C1. The molecule has 0 amide bonds. The molecule has 1 unspecified atom stereocenters. The van der Waals surface area contributed by atoms with Crippen molar-refractivity contribution < 1.29 is 8.42 Å². The highest BCUT2D eigenvalue weighted by atomic mass is 35.5. The molecule has 1 rings (SSSR count). The summed E-state index contributed by atoms with van der Waals surface area (Å²) in [7, 11) is -3.05. The van der Waals surface area contributed by atoms with E-state index in [1.807, 2.05) is 6.92 Å². The molecule has 0 aromatic carbocycles. The summed E-state index contributed by atoms with van der Waals surface area (Å²) in [4.78, 5) is 0. The van der Waals surface area contributed by atoms with Gasteiger partial charge in [0, 0.05) is 0 Å². The zero-order valence-corrected chi connectivity index (χ0v) is 6.54. The first-order chi connectivity index (χ1) is 4.02. The summed E-state index contributed by atoms with van der Waals surface area (Å²) in [5.41, 5.74) is 0. The minimum atomic E-state index is -3.05. The Morgan fingerprint density at radius 3 is 2.44 bits per heavy atom. The van der Waals surface area contributed by atoms with Crippen molar-refractivity contribution in [3.05, 3.63) is 10.4 Å². The van der Waals surface area contributed by atoms with Gasteiger partial charge in [-0.1, -0.05) is 24.6 Å². The lowest BCUT2D eigenvalue weighted by molar-refractivity contribution is 0.601. The van der Waals surface area contributed by atoms with Gasteiger partial charge in [0.1, 0.15) is 4.36 Å². The van der Waals surface area contributed by atoms with E-state index in [0.29, 0.717) is 0 Å². The van der Waals surface area contributed by atoms with Crippen molar-refractivity contribution in [2.45, 2.75) is 6.92 Å². The highest BCUT2D eigenvalue weighted by Gasteiger charge is 2.25. The van der Waals surface area contributed by atoms with Crippen LogP contribution in [-0.4, -0.2) is 14.2 Å². The van der Waals surface area contributed by atoms with Gasteiger partial charge in [0.2, 0.25) is 0 Å². The monoisotopic (exact) mass is 166 g/mol. The van der Waals surface area contributed by atoms with Crippen LogP contribution in [0.4, 0.5) is 0 Å². The van der Waals surface area contributed by atoms with Crippen molar-refractivity contribution in [2.24, 2.45) is 5.92 Å². The van der Waals surface area contributed by atoms with E-state index in [-0.39, 0.29) is 16.0 Å². The number of hydrogen-bond donors (Lipinski definition) is 0. The molecule has 0 spiro atoms.